The van der Waals surface area contributed by atoms with Crippen molar-refractivity contribution in [1.29, 1.82) is 0 Å². The van der Waals surface area contributed by atoms with Crippen LogP contribution in [0.2, 0.25) is 0 Å². The molecule has 3 aromatic rings. The molecule has 3 heterocycles. The maximum Gasteiger partial charge on any atom is 0.218 e. The van der Waals surface area contributed by atoms with Gasteiger partial charge in [-0.05, 0) is 50.2 Å². The predicted molar refractivity (Wildman–Crippen MR) is 134 cm³/mol. The summed E-state index contributed by atoms with van der Waals surface area (Å²) in [5.41, 5.74) is 1.97. The first-order valence-electron chi connectivity index (χ1n) is 12.1. The standard InChI is InChI=1S/C28H30N2O6/c1-28(2)19-36-27(30-28)21-12-11-20-17-34-25-9-5-3-7-23(25)32-15-13-31-14-16-33-24-8-4-6-10-26(24)35-18-22(21)29-20/h3-12H,13-19H2,1-2H3. The van der Waals surface area contributed by atoms with E-state index in [1.54, 1.807) is 0 Å². The molecule has 0 saturated carbocycles. The first kappa shape index (κ1) is 23.9. The highest BCUT2D eigenvalue weighted by atomic mass is 16.6. The van der Waals surface area contributed by atoms with Gasteiger partial charge in [-0.25, -0.2) is 9.98 Å². The highest BCUT2D eigenvalue weighted by Crippen LogP contribution is 2.30. The van der Waals surface area contributed by atoms with Gasteiger partial charge in [0, 0.05) is 0 Å². The maximum atomic E-state index is 6.18. The van der Waals surface area contributed by atoms with E-state index < -0.39 is 0 Å². The number of hydrogen-bond acceptors (Lipinski definition) is 8. The molecule has 0 amide bonds. The summed E-state index contributed by atoms with van der Waals surface area (Å²) < 4.78 is 35.6. The minimum atomic E-state index is -0.285. The molecule has 0 unspecified atom stereocenters. The second-order valence-corrected chi connectivity index (χ2v) is 9.10. The van der Waals surface area contributed by atoms with Crippen LogP contribution in [-0.4, -0.2) is 49.5 Å². The van der Waals surface area contributed by atoms with E-state index in [4.69, 9.17) is 38.4 Å². The van der Waals surface area contributed by atoms with Crippen LogP contribution in [0.5, 0.6) is 23.0 Å². The molecule has 0 fully saturated rings. The van der Waals surface area contributed by atoms with E-state index in [1.807, 2.05) is 74.5 Å². The van der Waals surface area contributed by atoms with E-state index in [1.165, 1.54) is 0 Å². The highest BCUT2D eigenvalue weighted by molar-refractivity contribution is 5.96. The molecular formula is C28H30N2O6. The van der Waals surface area contributed by atoms with Crippen molar-refractivity contribution in [3.05, 3.63) is 77.6 Å². The van der Waals surface area contributed by atoms with E-state index in [-0.39, 0.29) is 18.8 Å². The molecule has 0 spiro atoms. The molecule has 0 N–H and O–H groups in total. The average molecular weight is 491 g/mol. The third-order valence-corrected chi connectivity index (χ3v) is 5.64. The second-order valence-electron chi connectivity index (χ2n) is 9.10. The van der Waals surface area contributed by atoms with Crippen LogP contribution >= 0.6 is 0 Å². The fourth-order valence-electron chi connectivity index (χ4n) is 3.85. The molecule has 2 aliphatic heterocycles. The topological polar surface area (TPSA) is 80.6 Å². The van der Waals surface area contributed by atoms with Crippen molar-refractivity contribution >= 4 is 5.90 Å². The second kappa shape index (κ2) is 10.9. The van der Waals surface area contributed by atoms with Gasteiger partial charge in [0.1, 0.15) is 33.0 Å². The number of aromatic nitrogens is 1. The van der Waals surface area contributed by atoms with Crippen LogP contribution in [0.3, 0.4) is 0 Å². The normalized spacial score (nSPS) is 17.8. The van der Waals surface area contributed by atoms with E-state index in [0.717, 1.165) is 11.3 Å². The van der Waals surface area contributed by atoms with Crippen molar-refractivity contribution in [2.75, 3.05) is 33.0 Å². The van der Waals surface area contributed by atoms with Crippen molar-refractivity contribution in [2.24, 2.45) is 4.99 Å². The first-order chi connectivity index (χ1) is 17.6. The summed E-state index contributed by atoms with van der Waals surface area (Å²) in [7, 11) is 0. The molecule has 5 rings (SSSR count). The van der Waals surface area contributed by atoms with Crippen molar-refractivity contribution in [3.8, 4) is 23.0 Å². The molecule has 1 aromatic heterocycles. The van der Waals surface area contributed by atoms with Gasteiger partial charge >= 0.3 is 0 Å². The van der Waals surface area contributed by atoms with Crippen LogP contribution in [0.4, 0.5) is 0 Å². The van der Waals surface area contributed by atoms with Crippen molar-refractivity contribution in [3.63, 3.8) is 0 Å². The van der Waals surface area contributed by atoms with Crippen molar-refractivity contribution in [2.45, 2.75) is 32.6 Å². The molecule has 0 atom stereocenters. The van der Waals surface area contributed by atoms with Crippen molar-refractivity contribution in [1.82, 2.24) is 4.98 Å². The minimum absolute atomic E-state index is 0.211. The Hall–Kier alpha value is -3.78. The third-order valence-electron chi connectivity index (χ3n) is 5.64. The summed E-state index contributed by atoms with van der Waals surface area (Å²) >= 11 is 0. The Morgan fingerprint density at radius 2 is 1.22 bits per heavy atom. The number of benzene rings is 2. The Balaban J connectivity index is 1.46. The fourth-order valence-corrected chi connectivity index (χ4v) is 3.85. The number of aliphatic imine (C=N–C) groups is 1. The van der Waals surface area contributed by atoms with Crippen LogP contribution in [0, 0.1) is 0 Å². The minimum Gasteiger partial charge on any atom is -0.487 e. The monoisotopic (exact) mass is 490 g/mol. The largest absolute Gasteiger partial charge is 0.487 e. The summed E-state index contributed by atoms with van der Waals surface area (Å²) in [6.07, 6.45) is 0. The number of fused-ring (bicyclic) bond motifs is 4. The van der Waals surface area contributed by atoms with Crippen LogP contribution in [-0.2, 0) is 22.7 Å². The first-order valence-corrected chi connectivity index (χ1v) is 12.1. The smallest absolute Gasteiger partial charge is 0.218 e. The molecule has 0 saturated heterocycles. The fraction of sp³-hybridized carbons (Fsp3) is 0.357. The Morgan fingerprint density at radius 3 is 1.81 bits per heavy atom. The zero-order valence-corrected chi connectivity index (χ0v) is 20.6. The van der Waals surface area contributed by atoms with Gasteiger partial charge in [-0.15, -0.1) is 0 Å². The highest BCUT2D eigenvalue weighted by Gasteiger charge is 2.29. The number of para-hydroxylation sites is 4. The van der Waals surface area contributed by atoms with E-state index in [0.29, 0.717) is 67.6 Å². The van der Waals surface area contributed by atoms with Crippen molar-refractivity contribution < 1.29 is 28.4 Å². The summed E-state index contributed by atoms with van der Waals surface area (Å²) in [5.74, 6) is 3.14. The van der Waals surface area contributed by atoms with E-state index in [2.05, 4.69) is 0 Å². The lowest BCUT2D eigenvalue weighted by atomic mass is 10.1. The van der Waals surface area contributed by atoms with Gasteiger partial charge in [-0.1, -0.05) is 24.3 Å². The Morgan fingerprint density at radius 1 is 0.639 bits per heavy atom. The Labute approximate surface area is 210 Å². The molecular weight excluding hydrogens is 460 g/mol. The Kier molecular flexibility index (Phi) is 7.23. The lowest BCUT2D eigenvalue weighted by Crippen LogP contribution is -2.17. The summed E-state index contributed by atoms with van der Waals surface area (Å²) in [5, 5.41) is 0. The predicted octanol–water partition coefficient (Wildman–Crippen LogP) is 4.58. The number of pyridine rings is 1. The molecule has 2 aromatic carbocycles. The molecule has 2 bridgehead atoms. The quantitative estimate of drug-likeness (QED) is 0.494. The van der Waals surface area contributed by atoms with Crippen LogP contribution in [0.15, 0.2) is 65.7 Å². The summed E-state index contributed by atoms with van der Waals surface area (Å²) in [6, 6.07) is 19.0. The van der Waals surface area contributed by atoms with Gasteiger partial charge in [0.05, 0.1) is 35.7 Å². The van der Waals surface area contributed by atoms with Gasteiger partial charge in [0.15, 0.2) is 23.0 Å². The molecule has 0 aliphatic carbocycles. The van der Waals surface area contributed by atoms with Crippen LogP contribution in [0.25, 0.3) is 0 Å². The molecule has 0 radical (unpaired) electrons. The van der Waals surface area contributed by atoms with Crippen LogP contribution in [0.1, 0.15) is 30.8 Å². The lowest BCUT2D eigenvalue weighted by molar-refractivity contribution is 0.0743. The van der Waals surface area contributed by atoms with Gasteiger partial charge < -0.3 is 28.4 Å². The summed E-state index contributed by atoms with van der Waals surface area (Å²) in [4.78, 5) is 9.60. The zero-order valence-electron chi connectivity index (χ0n) is 20.6. The molecule has 188 valence electrons. The number of hydrogen-bond donors (Lipinski definition) is 0. The molecule has 36 heavy (non-hydrogen) atoms. The maximum absolute atomic E-state index is 6.18. The molecule has 8 heteroatoms. The van der Waals surface area contributed by atoms with E-state index in [9.17, 15) is 0 Å². The lowest BCUT2D eigenvalue weighted by Gasteiger charge is -2.16. The Bertz CT molecular complexity index is 1230. The van der Waals surface area contributed by atoms with Gasteiger partial charge in [0.25, 0.3) is 0 Å². The number of ether oxygens (including phenoxy) is 6. The summed E-state index contributed by atoms with van der Waals surface area (Å²) in [6.45, 7) is 6.72. The van der Waals surface area contributed by atoms with Crippen LogP contribution < -0.4 is 18.9 Å². The SMILES string of the molecule is CC1(C)COC(c2ccc3nc2COc2ccccc2OCCOCCOc2ccccc2OC3)=N1. The van der Waals surface area contributed by atoms with Gasteiger partial charge in [0.2, 0.25) is 5.90 Å². The number of nitrogens with zero attached hydrogens (tertiary/aromatic N) is 2. The third kappa shape index (κ3) is 5.88. The average Bonchev–Trinajstić information content (AvgIpc) is 3.25. The zero-order chi connectivity index (χ0) is 24.8. The van der Waals surface area contributed by atoms with Gasteiger partial charge in [-0.2, -0.15) is 0 Å². The van der Waals surface area contributed by atoms with Gasteiger partial charge in [-0.3, -0.25) is 0 Å². The number of rotatable bonds is 1. The molecule has 2 aliphatic rings. The molecule has 8 nitrogen and oxygen atoms in total. The van der Waals surface area contributed by atoms with E-state index >= 15 is 0 Å².